The van der Waals surface area contributed by atoms with Gasteiger partial charge >= 0.3 is 5.97 Å². The van der Waals surface area contributed by atoms with Gasteiger partial charge in [-0.3, -0.25) is 19.3 Å². The van der Waals surface area contributed by atoms with Gasteiger partial charge in [0.1, 0.15) is 6.04 Å². The molecule has 0 aromatic heterocycles. The zero-order chi connectivity index (χ0) is 21.7. The number of carbonyl (C=O) groups excluding carboxylic acids is 3. The summed E-state index contributed by atoms with van der Waals surface area (Å²) in [6.07, 6.45) is 0.489. The number of nitrogens with one attached hydrogen (secondary N) is 2. The van der Waals surface area contributed by atoms with Crippen molar-refractivity contribution in [2.45, 2.75) is 32.9 Å². The number of nitrogens with zero attached hydrogens (tertiary/aromatic N) is 1. The maximum absolute atomic E-state index is 12.5. The number of benzene rings is 2. The molecule has 2 aromatic rings. The van der Waals surface area contributed by atoms with Gasteiger partial charge in [-0.25, -0.2) is 0 Å². The van der Waals surface area contributed by atoms with Crippen LogP contribution >= 0.6 is 0 Å². The van der Waals surface area contributed by atoms with Crippen molar-refractivity contribution in [3.05, 3.63) is 64.7 Å². The zero-order valence-electron chi connectivity index (χ0n) is 17.5. The van der Waals surface area contributed by atoms with Gasteiger partial charge < -0.3 is 15.4 Å². The minimum atomic E-state index is -0.529. The number of ether oxygens (including phenoxy) is 1. The molecule has 2 aromatic carbocycles. The lowest BCUT2D eigenvalue weighted by molar-refractivity contribution is -0.148. The molecular formula is C23H27N3O4. The predicted octanol–water partition coefficient (Wildman–Crippen LogP) is 1.96. The Bertz CT molecular complexity index is 937. The highest BCUT2D eigenvalue weighted by molar-refractivity contribution is 5.96. The minimum absolute atomic E-state index is 0.00474. The number of para-hydroxylation sites is 1. The van der Waals surface area contributed by atoms with E-state index in [0.717, 1.165) is 27.9 Å². The van der Waals surface area contributed by atoms with Crippen LogP contribution in [0.4, 0.5) is 5.69 Å². The van der Waals surface area contributed by atoms with E-state index in [9.17, 15) is 14.4 Å². The Kier molecular flexibility index (Phi) is 6.84. The van der Waals surface area contributed by atoms with Gasteiger partial charge in [-0.05, 0) is 42.5 Å². The van der Waals surface area contributed by atoms with Crippen LogP contribution in [0, 0.1) is 13.8 Å². The number of fused-ring (bicyclic) bond motifs is 1. The molecule has 0 bridgehead atoms. The van der Waals surface area contributed by atoms with Crippen LogP contribution < -0.4 is 10.6 Å². The lowest BCUT2D eigenvalue weighted by Crippen LogP contribution is -2.50. The summed E-state index contributed by atoms with van der Waals surface area (Å²) in [6.45, 7) is 4.17. The van der Waals surface area contributed by atoms with E-state index in [0.29, 0.717) is 13.0 Å². The largest absolute Gasteiger partial charge is 0.468 e. The summed E-state index contributed by atoms with van der Waals surface area (Å²) in [5, 5.41) is 5.49. The molecule has 1 atom stereocenters. The number of rotatable bonds is 6. The van der Waals surface area contributed by atoms with Gasteiger partial charge in [0.2, 0.25) is 11.8 Å². The van der Waals surface area contributed by atoms with E-state index in [2.05, 4.69) is 10.6 Å². The van der Waals surface area contributed by atoms with Crippen molar-refractivity contribution in [1.29, 1.82) is 0 Å². The van der Waals surface area contributed by atoms with Crippen molar-refractivity contribution in [1.82, 2.24) is 10.2 Å². The molecule has 1 heterocycles. The molecule has 2 N–H and O–H groups in total. The molecule has 0 fully saturated rings. The third-order valence-corrected chi connectivity index (χ3v) is 5.36. The second kappa shape index (κ2) is 9.54. The molecule has 2 amide bonds. The molecule has 7 nitrogen and oxygen atoms in total. The summed E-state index contributed by atoms with van der Waals surface area (Å²) in [5.41, 5.74) is 4.84. The molecule has 1 aliphatic heterocycles. The summed E-state index contributed by atoms with van der Waals surface area (Å²) < 4.78 is 4.93. The molecule has 1 aliphatic rings. The average Bonchev–Trinajstić information content (AvgIpc) is 2.74. The number of carbonyl (C=O) groups is 3. The highest BCUT2D eigenvalue weighted by atomic mass is 16.5. The molecule has 0 saturated heterocycles. The van der Waals surface area contributed by atoms with Crippen molar-refractivity contribution in [2.75, 3.05) is 25.5 Å². The highest BCUT2D eigenvalue weighted by Gasteiger charge is 2.33. The predicted molar refractivity (Wildman–Crippen MR) is 114 cm³/mol. The topological polar surface area (TPSA) is 87.7 Å². The molecular weight excluding hydrogens is 382 g/mol. The number of aryl methyl sites for hydroxylation is 2. The van der Waals surface area contributed by atoms with Crippen LogP contribution in [0.2, 0.25) is 0 Å². The Morgan fingerprint density at radius 1 is 1.00 bits per heavy atom. The molecule has 7 heteroatoms. The third kappa shape index (κ3) is 5.04. The Balaban J connectivity index is 1.59. The van der Waals surface area contributed by atoms with Crippen LogP contribution in [0.25, 0.3) is 0 Å². The molecule has 30 heavy (non-hydrogen) atoms. The van der Waals surface area contributed by atoms with Crippen molar-refractivity contribution >= 4 is 23.5 Å². The summed E-state index contributed by atoms with van der Waals surface area (Å²) >= 11 is 0. The molecule has 0 unspecified atom stereocenters. The zero-order valence-corrected chi connectivity index (χ0v) is 17.5. The van der Waals surface area contributed by atoms with Gasteiger partial charge in [0.05, 0.1) is 20.2 Å². The van der Waals surface area contributed by atoms with Gasteiger partial charge in [0.15, 0.2) is 0 Å². The lowest BCUT2D eigenvalue weighted by Gasteiger charge is -2.34. The molecule has 0 aliphatic carbocycles. The van der Waals surface area contributed by atoms with Gasteiger partial charge in [-0.1, -0.05) is 42.5 Å². The first-order chi connectivity index (χ1) is 14.4. The van der Waals surface area contributed by atoms with Gasteiger partial charge in [-0.15, -0.1) is 0 Å². The van der Waals surface area contributed by atoms with E-state index in [-0.39, 0.29) is 30.9 Å². The van der Waals surface area contributed by atoms with E-state index >= 15 is 0 Å². The van der Waals surface area contributed by atoms with Crippen LogP contribution in [0.3, 0.4) is 0 Å². The van der Waals surface area contributed by atoms with Crippen molar-refractivity contribution in [3.63, 3.8) is 0 Å². The fourth-order valence-corrected chi connectivity index (χ4v) is 3.73. The fourth-order valence-electron chi connectivity index (χ4n) is 3.73. The Morgan fingerprint density at radius 3 is 2.33 bits per heavy atom. The van der Waals surface area contributed by atoms with Crippen molar-refractivity contribution in [2.24, 2.45) is 0 Å². The van der Waals surface area contributed by atoms with Gasteiger partial charge in [-0.2, -0.15) is 0 Å². The first-order valence-electron chi connectivity index (χ1n) is 9.90. The number of hydrogen-bond acceptors (Lipinski definition) is 5. The van der Waals surface area contributed by atoms with Crippen LogP contribution in [0.5, 0.6) is 0 Å². The smallest absolute Gasteiger partial charge is 0.323 e. The summed E-state index contributed by atoms with van der Waals surface area (Å²) in [4.78, 5) is 38.8. The van der Waals surface area contributed by atoms with Crippen LogP contribution in [-0.2, 0) is 32.1 Å². The highest BCUT2D eigenvalue weighted by Crippen LogP contribution is 2.24. The normalized spacial score (nSPS) is 15.8. The standard InChI is InChI=1S/C23H27N3O4/c1-15-7-6-8-16(2)22(15)25-20(27)12-24-21(28)14-26-13-18-10-5-4-9-17(18)11-19(26)23(29)30-3/h4-10,19H,11-14H2,1-3H3,(H,24,28)(H,25,27)/t19-/m0/s1. The van der Waals surface area contributed by atoms with Gasteiger partial charge in [0.25, 0.3) is 0 Å². The molecule has 3 rings (SSSR count). The number of hydrogen-bond donors (Lipinski definition) is 2. The van der Waals surface area contributed by atoms with E-state index in [4.69, 9.17) is 4.74 Å². The van der Waals surface area contributed by atoms with Crippen LogP contribution in [-0.4, -0.2) is 48.9 Å². The molecule has 0 radical (unpaired) electrons. The molecule has 158 valence electrons. The summed E-state index contributed by atoms with van der Waals surface area (Å²) in [5.74, 6) is -0.987. The van der Waals surface area contributed by atoms with Crippen molar-refractivity contribution in [3.8, 4) is 0 Å². The number of anilines is 1. The first-order valence-corrected chi connectivity index (χ1v) is 9.90. The fraction of sp³-hybridized carbons (Fsp3) is 0.348. The quantitative estimate of drug-likeness (QED) is 0.712. The lowest BCUT2D eigenvalue weighted by atomic mass is 9.94. The second-order valence-electron chi connectivity index (χ2n) is 7.51. The summed E-state index contributed by atoms with van der Waals surface area (Å²) in [7, 11) is 1.35. The van der Waals surface area contributed by atoms with Gasteiger partial charge in [0, 0.05) is 12.2 Å². The maximum atomic E-state index is 12.5. The average molecular weight is 409 g/mol. The van der Waals surface area contributed by atoms with E-state index < -0.39 is 6.04 Å². The first kappa shape index (κ1) is 21.5. The van der Waals surface area contributed by atoms with Crippen LogP contribution in [0.15, 0.2) is 42.5 Å². The Morgan fingerprint density at radius 2 is 1.67 bits per heavy atom. The maximum Gasteiger partial charge on any atom is 0.323 e. The van der Waals surface area contributed by atoms with E-state index in [1.807, 2.05) is 56.3 Å². The van der Waals surface area contributed by atoms with Crippen LogP contribution in [0.1, 0.15) is 22.3 Å². The molecule has 0 saturated carbocycles. The second-order valence-corrected chi connectivity index (χ2v) is 7.51. The Hall–Kier alpha value is -3.19. The molecule has 0 spiro atoms. The van der Waals surface area contributed by atoms with E-state index in [1.54, 1.807) is 4.90 Å². The monoisotopic (exact) mass is 409 g/mol. The number of esters is 1. The SMILES string of the molecule is COC(=O)[C@@H]1Cc2ccccc2CN1CC(=O)NCC(=O)Nc1c(C)cccc1C. The Labute approximate surface area is 176 Å². The van der Waals surface area contributed by atoms with E-state index in [1.165, 1.54) is 7.11 Å². The third-order valence-electron chi connectivity index (χ3n) is 5.36. The van der Waals surface area contributed by atoms with Crippen molar-refractivity contribution < 1.29 is 19.1 Å². The minimum Gasteiger partial charge on any atom is -0.468 e. The summed E-state index contributed by atoms with van der Waals surface area (Å²) in [6, 6.07) is 13.1. The number of methoxy groups -OCH3 is 1. The number of amides is 2.